The first kappa shape index (κ1) is 15.9. The molecule has 0 heterocycles. The lowest BCUT2D eigenvalue weighted by molar-refractivity contribution is 0.383. The molecule has 0 amide bonds. The Kier molecular flexibility index (Phi) is 3.61. The van der Waals surface area contributed by atoms with Crippen LogP contribution in [-0.2, 0) is 0 Å². The standard InChI is InChI=1S/C23H23Br/c1-14-11-20-15(2)19-10-9-18(24)12-16(19)13-21(20)22(14)23(3,4)17-7-5-6-8-17/h5-7,9-13,22H,8H2,1-4H3. The summed E-state index contributed by atoms with van der Waals surface area (Å²) in [6.45, 7) is 9.38. The lowest BCUT2D eigenvalue weighted by Gasteiger charge is -2.36. The zero-order chi connectivity index (χ0) is 17.1. The third-order valence-electron chi connectivity index (χ3n) is 5.90. The molecule has 1 unspecified atom stereocenters. The summed E-state index contributed by atoms with van der Waals surface area (Å²) in [7, 11) is 0. The zero-order valence-electron chi connectivity index (χ0n) is 14.8. The second-order valence-corrected chi connectivity index (χ2v) is 8.65. The SMILES string of the molecule is CC1=Cc2c(cc3cc(Br)ccc3c2C)C1C(C)(C)C1=CC=CC1. The Morgan fingerprint density at radius 2 is 1.92 bits per heavy atom. The Balaban J connectivity index is 1.93. The van der Waals surface area contributed by atoms with Crippen molar-refractivity contribution in [2.75, 3.05) is 0 Å². The molecule has 0 saturated heterocycles. The molecule has 0 spiro atoms. The molecule has 0 N–H and O–H groups in total. The highest BCUT2D eigenvalue weighted by Crippen LogP contribution is 2.53. The molecule has 1 heteroatoms. The lowest BCUT2D eigenvalue weighted by atomic mass is 9.68. The highest BCUT2D eigenvalue weighted by molar-refractivity contribution is 9.10. The van der Waals surface area contributed by atoms with Crippen molar-refractivity contribution in [3.63, 3.8) is 0 Å². The van der Waals surface area contributed by atoms with Crippen LogP contribution >= 0.6 is 15.9 Å². The lowest BCUT2D eigenvalue weighted by Crippen LogP contribution is -2.24. The van der Waals surface area contributed by atoms with Crippen LogP contribution in [0.4, 0.5) is 0 Å². The molecule has 2 aromatic rings. The van der Waals surface area contributed by atoms with Gasteiger partial charge in [0.1, 0.15) is 0 Å². The Hall–Kier alpha value is -1.60. The number of hydrogen-bond donors (Lipinski definition) is 0. The van der Waals surface area contributed by atoms with Crippen molar-refractivity contribution in [1.29, 1.82) is 0 Å². The summed E-state index contributed by atoms with van der Waals surface area (Å²) in [5.74, 6) is 0.459. The number of hydrogen-bond acceptors (Lipinski definition) is 0. The van der Waals surface area contributed by atoms with Crippen molar-refractivity contribution in [3.8, 4) is 0 Å². The molecule has 2 aromatic carbocycles. The van der Waals surface area contributed by atoms with Crippen LogP contribution in [0, 0.1) is 12.3 Å². The third-order valence-corrected chi connectivity index (χ3v) is 6.40. The molecule has 24 heavy (non-hydrogen) atoms. The van der Waals surface area contributed by atoms with E-state index < -0.39 is 0 Å². The average Bonchev–Trinajstić information content (AvgIpc) is 3.15. The van der Waals surface area contributed by atoms with E-state index in [4.69, 9.17) is 0 Å². The maximum absolute atomic E-state index is 3.63. The number of allylic oxidation sites excluding steroid dienone is 5. The van der Waals surface area contributed by atoms with Crippen LogP contribution in [0.5, 0.6) is 0 Å². The molecule has 0 nitrogen and oxygen atoms in total. The molecule has 0 aromatic heterocycles. The molecule has 122 valence electrons. The molecule has 1 atom stereocenters. The van der Waals surface area contributed by atoms with Gasteiger partial charge in [0, 0.05) is 10.4 Å². The Morgan fingerprint density at radius 1 is 1.12 bits per heavy atom. The van der Waals surface area contributed by atoms with Gasteiger partial charge in [-0.2, -0.15) is 0 Å². The number of rotatable bonds is 2. The van der Waals surface area contributed by atoms with Gasteiger partial charge in [-0.3, -0.25) is 0 Å². The summed E-state index contributed by atoms with van der Waals surface area (Å²) in [6, 6.07) is 9.05. The van der Waals surface area contributed by atoms with Crippen LogP contribution in [-0.4, -0.2) is 0 Å². The van der Waals surface area contributed by atoms with E-state index in [1.54, 1.807) is 5.57 Å². The van der Waals surface area contributed by atoms with Crippen molar-refractivity contribution < 1.29 is 0 Å². The average molecular weight is 379 g/mol. The second-order valence-electron chi connectivity index (χ2n) is 7.74. The third kappa shape index (κ3) is 2.25. The molecule has 0 bridgehead atoms. The van der Waals surface area contributed by atoms with Crippen LogP contribution in [0.15, 0.2) is 58.1 Å². The van der Waals surface area contributed by atoms with Gasteiger partial charge in [-0.05, 0) is 71.3 Å². The first-order valence-electron chi connectivity index (χ1n) is 8.66. The zero-order valence-corrected chi connectivity index (χ0v) is 16.4. The van der Waals surface area contributed by atoms with E-state index in [0.29, 0.717) is 5.92 Å². The van der Waals surface area contributed by atoms with Gasteiger partial charge in [-0.1, -0.05) is 71.3 Å². The molecule has 2 aliphatic carbocycles. The monoisotopic (exact) mass is 378 g/mol. The number of halogens is 1. The molecule has 0 saturated carbocycles. The van der Waals surface area contributed by atoms with Gasteiger partial charge in [0.05, 0.1) is 0 Å². The minimum absolute atomic E-state index is 0.140. The summed E-state index contributed by atoms with van der Waals surface area (Å²) >= 11 is 3.63. The van der Waals surface area contributed by atoms with Crippen molar-refractivity contribution in [3.05, 3.63) is 74.8 Å². The maximum Gasteiger partial charge on any atom is 0.0181 e. The van der Waals surface area contributed by atoms with E-state index in [1.807, 2.05) is 0 Å². The Labute approximate surface area is 153 Å². The highest BCUT2D eigenvalue weighted by Gasteiger charge is 2.39. The molecule has 2 aliphatic rings. The van der Waals surface area contributed by atoms with E-state index in [9.17, 15) is 0 Å². The molecule has 0 radical (unpaired) electrons. The number of aryl methyl sites for hydroxylation is 1. The number of fused-ring (bicyclic) bond motifs is 2. The van der Waals surface area contributed by atoms with Crippen molar-refractivity contribution in [1.82, 2.24) is 0 Å². The topological polar surface area (TPSA) is 0 Å². The second kappa shape index (κ2) is 5.46. The first-order valence-corrected chi connectivity index (χ1v) is 9.46. The van der Waals surface area contributed by atoms with E-state index in [0.717, 1.165) is 10.9 Å². The minimum atomic E-state index is 0.140. The predicted molar refractivity (Wildman–Crippen MR) is 108 cm³/mol. The molecule has 0 aliphatic heterocycles. The van der Waals surface area contributed by atoms with E-state index >= 15 is 0 Å². The van der Waals surface area contributed by atoms with Crippen LogP contribution in [0.2, 0.25) is 0 Å². The summed E-state index contributed by atoms with van der Waals surface area (Å²) in [5.41, 5.74) is 7.51. The van der Waals surface area contributed by atoms with Gasteiger partial charge >= 0.3 is 0 Å². The van der Waals surface area contributed by atoms with Crippen LogP contribution in [0.25, 0.3) is 16.8 Å². The van der Waals surface area contributed by atoms with E-state index in [-0.39, 0.29) is 5.41 Å². The molecular weight excluding hydrogens is 356 g/mol. The van der Waals surface area contributed by atoms with Crippen molar-refractivity contribution >= 4 is 32.8 Å². The summed E-state index contributed by atoms with van der Waals surface area (Å²) < 4.78 is 1.15. The summed E-state index contributed by atoms with van der Waals surface area (Å²) in [5, 5.41) is 2.70. The minimum Gasteiger partial charge on any atom is -0.0804 e. The van der Waals surface area contributed by atoms with E-state index in [1.165, 1.54) is 33.0 Å². The van der Waals surface area contributed by atoms with Crippen LogP contribution in [0.3, 0.4) is 0 Å². The fourth-order valence-electron chi connectivity index (χ4n) is 4.66. The van der Waals surface area contributed by atoms with Crippen molar-refractivity contribution in [2.45, 2.75) is 40.0 Å². The smallest absolute Gasteiger partial charge is 0.0181 e. The fourth-order valence-corrected chi connectivity index (χ4v) is 5.04. The molecule has 0 fully saturated rings. The predicted octanol–water partition coefficient (Wildman–Crippen LogP) is 7.32. The molecule has 4 rings (SSSR count). The van der Waals surface area contributed by atoms with Gasteiger partial charge in [0.15, 0.2) is 0 Å². The Bertz CT molecular complexity index is 938. The normalized spacial score (nSPS) is 19.6. The van der Waals surface area contributed by atoms with Crippen LogP contribution < -0.4 is 0 Å². The van der Waals surface area contributed by atoms with Crippen molar-refractivity contribution in [2.24, 2.45) is 5.41 Å². The van der Waals surface area contributed by atoms with Gasteiger partial charge in [-0.15, -0.1) is 0 Å². The number of benzene rings is 2. The van der Waals surface area contributed by atoms with Gasteiger partial charge in [-0.25, -0.2) is 0 Å². The maximum atomic E-state index is 3.63. The van der Waals surface area contributed by atoms with Crippen LogP contribution in [0.1, 0.15) is 49.8 Å². The van der Waals surface area contributed by atoms with Gasteiger partial charge < -0.3 is 0 Å². The summed E-state index contributed by atoms with van der Waals surface area (Å²) in [4.78, 5) is 0. The van der Waals surface area contributed by atoms with E-state index in [2.05, 4.69) is 92.2 Å². The Morgan fingerprint density at radius 3 is 2.62 bits per heavy atom. The van der Waals surface area contributed by atoms with Gasteiger partial charge in [0.2, 0.25) is 0 Å². The van der Waals surface area contributed by atoms with Gasteiger partial charge in [0.25, 0.3) is 0 Å². The quantitative estimate of drug-likeness (QED) is 0.513. The fraction of sp³-hybridized carbons (Fsp3) is 0.304. The summed E-state index contributed by atoms with van der Waals surface area (Å²) in [6.07, 6.45) is 10.3. The largest absolute Gasteiger partial charge is 0.0804 e. The molecular formula is C23H23Br. The first-order chi connectivity index (χ1) is 11.4. The highest BCUT2D eigenvalue weighted by atomic mass is 79.9.